The normalized spacial score (nSPS) is 13.6. The average molecular weight is 547 g/mol. The molecule has 4 aromatic rings. The molecule has 0 saturated heterocycles. The Balaban J connectivity index is 1.24. The summed E-state index contributed by atoms with van der Waals surface area (Å²) in [6.45, 7) is 1.90. The smallest absolute Gasteiger partial charge is 0.233 e. The third-order valence-electron chi connectivity index (χ3n) is 6.17. The van der Waals surface area contributed by atoms with Crippen molar-refractivity contribution in [2.24, 2.45) is 0 Å². The number of benzene rings is 2. The number of aromatic nitrogens is 1. The summed E-state index contributed by atoms with van der Waals surface area (Å²) in [5, 5.41) is 5.18. The van der Waals surface area contributed by atoms with Crippen LogP contribution in [-0.4, -0.2) is 48.9 Å². The first kappa shape index (κ1) is 26.3. The highest BCUT2D eigenvalue weighted by atomic mass is 32.1. The second-order valence-electron chi connectivity index (χ2n) is 9.11. The third-order valence-corrected chi connectivity index (χ3v) is 7.39. The van der Waals surface area contributed by atoms with Crippen molar-refractivity contribution in [3.63, 3.8) is 0 Å². The molecular weight excluding hydrogens is 519 g/mol. The van der Waals surface area contributed by atoms with E-state index in [2.05, 4.69) is 33.6 Å². The van der Waals surface area contributed by atoms with Crippen LogP contribution in [0.3, 0.4) is 0 Å². The lowest BCUT2D eigenvalue weighted by Gasteiger charge is -2.22. The summed E-state index contributed by atoms with van der Waals surface area (Å²) in [6, 6.07) is 14.8. The number of fused-ring (bicyclic) bond motifs is 1. The highest BCUT2D eigenvalue weighted by molar-refractivity contribution is 7.20. The highest BCUT2D eigenvalue weighted by Gasteiger charge is 2.17. The summed E-state index contributed by atoms with van der Waals surface area (Å²) < 4.78 is 26.9. The minimum Gasteiger partial charge on any atom is -0.495 e. The summed E-state index contributed by atoms with van der Waals surface area (Å²) in [4.78, 5) is 32.5. The molecule has 0 fully saturated rings. The molecule has 200 valence electrons. The van der Waals surface area contributed by atoms with E-state index >= 15 is 0 Å². The molecule has 1 aliphatic rings. The van der Waals surface area contributed by atoms with E-state index in [1.165, 1.54) is 24.8 Å². The number of rotatable bonds is 8. The molecule has 0 aliphatic carbocycles. The number of methoxy groups -OCH3 is 1. The number of ether oxygens (including phenoxy) is 2. The van der Waals surface area contributed by atoms with Crippen molar-refractivity contribution in [2.75, 3.05) is 37.9 Å². The number of likely N-dealkylation sites (N-methyl/N-ethyl adjacent to an activating group) is 1. The number of nitrogens with zero attached hydrogens (tertiary/aromatic N) is 2. The molecular formula is C29H27FN4O4S. The molecule has 39 heavy (non-hydrogen) atoms. The summed E-state index contributed by atoms with van der Waals surface area (Å²) >= 11 is 1.57. The van der Waals surface area contributed by atoms with Crippen LogP contribution in [-0.2, 0) is 9.59 Å². The fraction of sp³-hybridized carbons (Fsp3) is 0.207. The molecule has 8 nitrogen and oxygen atoms in total. The summed E-state index contributed by atoms with van der Waals surface area (Å²) in [6.07, 6.45) is 4.44. The second kappa shape index (κ2) is 11.6. The van der Waals surface area contributed by atoms with Gasteiger partial charge in [-0.15, -0.1) is 11.3 Å². The number of anilines is 2. The molecule has 2 aromatic carbocycles. The van der Waals surface area contributed by atoms with Gasteiger partial charge in [0.15, 0.2) is 11.6 Å². The molecule has 0 atom stereocenters. The number of hydrogen-bond acceptors (Lipinski definition) is 7. The number of carbonyl (C=O) groups is 2. The lowest BCUT2D eigenvalue weighted by Crippen LogP contribution is -2.24. The fourth-order valence-electron chi connectivity index (χ4n) is 4.30. The Kier molecular flexibility index (Phi) is 7.85. The molecule has 3 heterocycles. The summed E-state index contributed by atoms with van der Waals surface area (Å²) in [5.74, 6) is -0.756. The topological polar surface area (TPSA) is 92.8 Å². The van der Waals surface area contributed by atoms with Crippen LogP contribution < -0.4 is 20.1 Å². The summed E-state index contributed by atoms with van der Waals surface area (Å²) in [5.41, 5.74) is 2.70. The van der Waals surface area contributed by atoms with E-state index < -0.39 is 24.1 Å². The van der Waals surface area contributed by atoms with E-state index in [-0.39, 0.29) is 11.4 Å². The van der Waals surface area contributed by atoms with Crippen molar-refractivity contribution in [1.82, 2.24) is 9.88 Å². The maximum absolute atomic E-state index is 15.0. The molecule has 0 radical (unpaired) electrons. The van der Waals surface area contributed by atoms with Crippen molar-refractivity contribution in [1.29, 1.82) is 0 Å². The van der Waals surface area contributed by atoms with E-state index in [1.807, 2.05) is 6.07 Å². The van der Waals surface area contributed by atoms with Gasteiger partial charge in [-0.25, -0.2) is 4.39 Å². The zero-order chi connectivity index (χ0) is 27.4. The van der Waals surface area contributed by atoms with Gasteiger partial charge in [-0.05, 0) is 49.4 Å². The number of amides is 2. The van der Waals surface area contributed by atoms with Gasteiger partial charge in [0.05, 0.1) is 23.0 Å². The van der Waals surface area contributed by atoms with Gasteiger partial charge in [0, 0.05) is 42.0 Å². The van der Waals surface area contributed by atoms with Gasteiger partial charge in [0.1, 0.15) is 17.9 Å². The van der Waals surface area contributed by atoms with E-state index in [1.54, 1.807) is 47.9 Å². The first-order valence-corrected chi connectivity index (χ1v) is 13.2. The first-order valence-electron chi connectivity index (χ1n) is 12.4. The van der Waals surface area contributed by atoms with Crippen molar-refractivity contribution >= 4 is 50.3 Å². The number of halogens is 1. The van der Waals surface area contributed by atoms with Crippen LogP contribution in [0, 0.1) is 5.82 Å². The molecule has 10 heteroatoms. The van der Waals surface area contributed by atoms with E-state index in [9.17, 15) is 14.0 Å². The Labute approximate surface area is 229 Å². The lowest BCUT2D eigenvalue weighted by atomic mass is 10.1. The average Bonchev–Trinajstić information content (AvgIpc) is 3.36. The number of hydrogen-bond donors (Lipinski definition) is 2. The zero-order valence-corrected chi connectivity index (χ0v) is 22.3. The first-order chi connectivity index (χ1) is 18.9. The predicted molar refractivity (Wildman–Crippen MR) is 151 cm³/mol. The van der Waals surface area contributed by atoms with Crippen molar-refractivity contribution in [3.05, 3.63) is 77.6 Å². The predicted octanol–water partition coefficient (Wildman–Crippen LogP) is 5.92. The van der Waals surface area contributed by atoms with Gasteiger partial charge in [-0.1, -0.05) is 18.2 Å². The minimum absolute atomic E-state index is 0.0148. The fourth-order valence-corrected chi connectivity index (χ4v) is 5.39. The summed E-state index contributed by atoms with van der Waals surface area (Å²) in [7, 11) is 3.58. The van der Waals surface area contributed by atoms with Crippen LogP contribution in [0.2, 0.25) is 0 Å². The van der Waals surface area contributed by atoms with Crippen LogP contribution in [0.4, 0.5) is 15.8 Å². The Hall–Kier alpha value is -4.28. The van der Waals surface area contributed by atoms with Gasteiger partial charge < -0.3 is 25.0 Å². The molecule has 0 spiro atoms. The van der Waals surface area contributed by atoms with Gasteiger partial charge in [0.2, 0.25) is 11.8 Å². The molecule has 0 saturated carbocycles. The zero-order valence-electron chi connectivity index (χ0n) is 21.5. The van der Waals surface area contributed by atoms with Crippen LogP contribution in [0.25, 0.3) is 15.8 Å². The number of carbonyl (C=O) groups excluding carboxylic acids is 2. The maximum atomic E-state index is 15.0. The SMILES string of the molecule is COc1ccccc1NC(=O)CC(=O)Nc1ccc(Oc2ccnc3cc(C4=CCCN(C)C4)sc23)c(F)c1. The van der Waals surface area contributed by atoms with Crippen LogP contribution >= 0.6 is 11.3 Å². The number of pyridine rings is 1. The third kappa shape index (κ3) is 6.24. The largest absolute Gasteiger partial charge is 0.495 e. The van der Waals surface area contributed by atoms with E-state index in [4.69, 9.17) is 9.47 Å². The van der Waals surface area contributed by atoms with Crippen molar-refractivity contribution in [3.8, 4) is 17.2 Å². The molecule has 1 aliphatic heterocycles. The molecule has 0 bridgehead atoms. The molecule has 5 rings (SSSR count). The number of para-hydroxylation sites is 2. The molecule has 2 N–H and O–H groups in total. The number of nitrogens with one attached hydrogen (secondary N) is 2. The monoisotopic (exact) mass is 546 g/mol. The Morgan fingerprint density at radius 2 is 1.87 bits per heavy atom. The number of thiophene rings is 1. The van der Waals surface area contributed by atoms with Gasteiger partial charge in [-0.3, -0.25) is 14.6 Å². The van der Waals surface area contributed by atoms with Crippen molar-refractivity contribution in [2.45, 2.75) is 12.8 Å². The van der Waals surface area contributed by atoms with Crippen LogP contribution in [0.15, 0.2) is 66.9 Å². The van der Waals surface area contributed by atoms with Gasteiger partial charge in [-0.2, -0.15) is 0 Å². The highest BCUT2D eigenvalue weighted by Crippen LogP contribution is 2.39. The van der Waals surface area contributed by atoms with E-state index in [0.717, 1.165) is 40.7 Å². The molecule has 2 aromatic heterocycles. The molecule has 2 amide bonds. The van der Waals surface area contributed by atoms with Crippen molar-refractivity contribution < 1.29 is 23.5 Å². The van der Waals surface area contributed by atoms with Gasteiger partial charge >= 0.3 is 0 Å². The Morgan fingerprint density at radius 1 is 1.05 bits per heavy atom. The lowest BCUT2D eigenvalue weighted by molar-refractivity contribution is -0.123. The second-order valence-corrected chi connectivity index (χ2v) is 10.2. The van der Waals surface area contributed by atoms with Gasteiger partial charge in [0.25, 0.3) is 0 Å². The standard InChI is InChI=1S/C29H27FN4O4S/c1-34-13-5-6-18(17-34)26-15-22-29(39-26)25(11-12-31-22)38-23-10-9-19(14-20(23)30)32-27(35)16-28(36)33-21-7-3-4-8-24(21)37-2/h3-4,6-12,14-15H,5,13,16-17H2,1-2H3,(H,32,35)(H,33,36). The maximum Gasteiger partial charge on any atom is 0.233 e. The van der Waals surface area contributed by atoms with Crippen LogP contribution in [0.1, 0.15) is 17.7 Å². The minimum atomic E-state index is -0.648. The van der Waals surface area contributed by atoms with Crippen LogP contribution in [0.5, 0.6) is 17.2 Å². The molecule has 0 unspecified atom stereocenters. The Morgan fingerprint density at radius 3 is 2.67 bits per heavy atom. The van der Waals surface area contributed by atoms with E-state index in [0.29, 0.717) is 17.2 Å². The quantitative estimate of drug-likeness (QED) is 0.267. The Bertz CT molecular complexity index is 1570.